The first-order chi connectivity index (χ1) is 8.66. The van der Waals surface area contributed by atoms with Gasteiger partial charge in [0.2, 0.25) is 0 Å². The molecule has 1 saturated heterocycles. The Labute approximate surface area is 118 Å². The molecular formula is C13H20ClN3O2. The van der Waals surface area contributed by atoms with Gasteiger partial charge in [-0.2, -0.15) is 0 Å². The van der Waals surface area contributed by atoms with Gasteiger partial charge in [0, 0.05) is 12.2 Å². The summed E-state index contributed by atoms with van der Waals surface area (Å²) in [7, 11) is 0. The molecule has 6 heteroatoms. The number of aryl methyl sites for hydroxylation is 1. The van der Waals surface area contributed by atoms with Gasteiger partial charge >= 0.3 is 0 Å². The van der Waals surface area contributed by atoms with Crippen LogP contribution in [0.2, 0.25) is 0 Å². The number of rotatable bonds is 4. The lowest BCUT2D eigenvalue weighted by Gasteiger charge is -2.09. The number of amides is 1. The van der Waals surface area contributed by atoms with Crippen LogP contribution in [0, 0.1) is 12.8 Å². The van der Waals surface area contributed by atoms with Gasteiger partial charge in [-0.05, 0) is 50.9 Å². The van der Waals surface area contributed by atoms with E-state index < -0.39 is 0 Å². The minimum Gasteiger partial charge on any atom is -0.352 e. The zero-order chi connectivity index (χ0) is 13.0. The summed E-state index contributed by atoms with van der Waals surface area (Å²) in [6.45, 7) is 4.51. The summed E-state index contributed by atoms with van der Waals surface area (Å²) in [5.74, 6) is 0.351. The molecule has 1 unspecified atom stereocenters. The summed E-state index contributed by atoms with van der Waals surface area (Å²) >= 11 is 0. The largest absolute Gasteiger partial charge is 0.352 e. The molecule has 1 aromatic heterocycles. The molecule has 106 valence electrons. The van der Waals surface area contributed by atoms with Gasteiger partial charge in [0.25, 0.3) is 11.5 Å². The van der Waals surface area contributed by atoms with Gasteiger partial charge in [-0.15, -0.1) is 12.4 Å². The summed E-state index contributed by atoms with van der Waals surface area (Å²) in [4.78, 5) is 26.0. The quantitative estimate of drug-likeness (QED) is 0.767. The van der Waals surface area contributed by atoms with Crippen LogP contribution in [-0.4, -0.2) is 30.5 Å². The molecule has 1 atom stereocenters. The van der Waals surface area contributed by atoms with Crippen molar-refractivity contribution in [1.29, 1.82) is 0 Å². The molecule has 0 saturated carbocycles. The molecule has 3 N–H and O–H groups in total. The van der Waals surface area contributed by atoms with E-state index in [0.717, 1.165) is 25.2 Å². The Morgan fingerprint density at radius 3 is 2.89 bits per heavy atom. The number of H-pyrrole nitrogens is 1. The molecule has 1 aliphatic rings. The second-order valence-corrected chi connectivity index (χ2v) is 4.79. The molecule has 0 spiro atoms. The van der Waals surface area contributed by atoms with E-state index in [9.17, 15) is 9.59 Å². The molecule has 0 radical (unpaired) electrons. The average molecular weight is 286 g/mol. The third-order valence-corrected chi connectivity index (χ3v) is 3.30. The number of hydrogen-bond donors (Lipinski definition) is 3. The summed E-state index contributed by atoms with van der Waals surface area (Å²) in [6.07, 6.45) is 2.13. The topological polar surface area (TPSA) is 74.0 Å². The van der Waals surface area contributed by atoms with E-state index in [1.165, 1.54) is 6.42 Å². The maximum absolute atomic E-state index is 11.8. The standard InChI is InChI=1S/C13H19N3O2.ClH/c1-9-2-3-11(13(18)16-9)12(17)15-7-5-10-4-6-14-8-10;/h2-3,10,14H,4-8H2,1H3,(H,15,17)(H,16,18);1H. The second kappa shape index (κ2) is 7.31. The Kier molecular flexibility index (Phi) is 6.05. The summed E-state index contributed by atoms with van der Waals surface area (Å²) < 4.78 is 0. The lowest BCUT2D eigenvalue weighted by atomic mass is 10.1. The van der Waals surface area contributed by atoms with Crippen LogP contribution in [0.4, 0.5) is 0 Å². The molecule has 2 rings (SSSR count). The highest BCUT2D eigenvalue weighted by molar-refractivity contribution is 5.93. The Hall–Kier alpha value is -1.33. The number of aromatic nitrogens is 1. The monoisotopic (exact) mass is 285 g/mol. The number of carbonyl (C=O) groups is 1. The second-order valence-electron chi connectivity index (χ2n) is 4.79. The third-order valence-electron chi connectivity index (χ3n) is 3.30. The highest BCUT2D eigenvalue weighted by Gasteiger charge is 2.15. The SMILES string of the molecule is Cc1ccc(C(=O)NCCC2CCNC2)c(=O)[nH]1.Cl. The van der Waals surface area contributed by atoms with Crippen LogP contribution in [0.5, 0.6) is 0 Å². The van der Waals surface area contributed by atoms with E-state index in [4.69, 9.17) is 0 Å². The highest BCUT2D eigenvalue weighted by atomic mass is 35.5. The molecule has 1 amide bonds. The van der Waals surface area contributed by atoms with E-state index in [2.05, 4.69) is 15.6 Å². The summed E-state index contributed by atoms with van der Waals surface area (Å²) in [6, 6.07) is 3.30. The van der Waals surface area contributed by atoms with Gasteiger partial charge in [-0.3, -0.25) is 9.59 Å². The van der Waals surface area contributed by atoms with Crippen LogP contribution in [0.25, 0.3) is 0 Å². The maximum Gasteiger partial charge on any atom is 0.260 e. The van der Waals surface area contributed by atoms with Crippen molar-refractivity contribution >= 4 is 18.3 Å². The van der Waals surface area contributed by atoms with E-state index >= 15 is 0 Å². The molecule has 0 aromatic carbocycles. The van der Waals surface area contributed by atoms with Gasteiger partial charge < -0.3 is 15.6 Å². The van der Waals surface area contributed by atoms with Crippen molar-refractivity contribution in [2.45, 2.75) is 19.8 Å². The van der Waals surface area contributed by atoms with Crippen LogP contribution in [0.15, 0.2) is 16.9 Å². The van der Waals surface area contributed by atoms with Crippen molar-refractivity contribution in [3.05, 3.63) is 33.7 Å². The first-order valence-electron chi connectivity index (χ1n) is 6.35. The molecule has 1 fully saturated rings. The number of nitrogens with one attached hydrogen (secondary N) is 3. The number of carbonyl (C=O) groups excluding carboxylic acids is 1. The van der Waals surface area contributed by atoms with Crippen LogP contribution >= 0.6 is 12.4 Å². The zero-order valence-corrected chi connectivity index (χ0v) is 11.8. The van der Waals surface area contributed by atoms with Gasteiger partial charge in [0.1, 0.15) is 5.56 Å². The summed E-state index contributed by atoms with van der Waals surface area (Å²) in [5.41, 5.74) is 0.619. The van der Waals surface area contributed by atoms with Crippen LogP contribution in [-0.2, 0) is 0 Å². The number of pyridine rings is 1. The number of aromatic amines is 1. The normalized spacial score (nSPS) is 17.8. The molecular weight excluding hydrogens is 266 g/mol. The minimum atomic E-state index is -0.324. The average Bonchev–Trinajstić information content (AvgIpc) is 2.81. The first-order valence-corrected chi connectivity index (χ1v) is 6.35. The van der Waals surface area contributed by atoms with Crippen LogP contribution < -0.4 is 16.2 Å². The van der Waals surface area contributed by atoms with E-state index in [1.54, 1.807) is 19.1 Å². The minimum absolute atomic E-state index is 0. The fourth-order valence-electron chi connectivity index (χ4n) is 2.20. The van der Waals surface area contributed by atoms with Crippen molar-refractivity contribution < 1.29 is 4.79 Å². The van der Waals surface area contributed by atoms with E-state index in [1.807, 2.05) is 0 Å². The van der Waals surface area contributed by atoms with Gasteiger partial charge in [0.05, 0.1) is 0 Å². The molecule has 1 aliphatic heterocycles. The van der Waals surface area contributed by atoms with E-state index in [-0.39, 0.29) is 29.4 Å². The molecule has 19 heavy (non-hydrogen) atoms. The smallest absolute Gasteiger partial charge is 0.260 e. The lowest BCUT2D eigenvalue weighted by Crippen LogP contribution is -2.31. The lowest BCUT2D eigenvalue weighted by molar-refractivity contribution is 0.0950. The van der Waals surface area contributed by atoms with Crippen molar-refractivity contribution in [1.82, 2.24) is 15.6 Å². The highest BCUT2D eigenvalue weighted by Crippen LogP contribution is 2.10. The molecule has 5 nitrogen and oxygen atoms in total. The van der Waals surface area contributed by atoms with Gasteiger partial charge in [-0.1, -0.05) is 0 Å². The number of halogens is 1. The van der Waals surface area contributed by atoms with Gasteiger partial charge in [-0.25, -0.2) is 0 Å². The Morgan fingerprint density at radius 2 is 2.26 bits per heavy atom. The third kappa shape index (κ3) is 4.36. The van der Waals surface area contributed by atoms with Crippen molar-refractivity contribution in [3.63, 3.8) is 0 Å². The number of hydrogen-bond acceptors (Lipinski definition) is 3. The molecule has 0 aliphatic carbocycles. The molecule has 0 bridgehead atoms. The van der Waals surface area contributed by atoms with Gasteiger partial charge in [0.15, 0.2) is 0 Å². The molecule has 1 aromatic rings. The summed E-state index contributed by atoms with van der Waals surface area (Å²) in [5, 5.41) is 6.09. The van der Waals surface area contributed by atoms with Crippen molar-refractivity contribution in [3.8, 4) is 0 Å². The first kappa shape index (κ1) is 15.7. The van der Waals surface area contributed by atoms with Crippen LogP contribution in [0.3, 0.4) is 0 Å². The van der Waals surface area contributed by atoms with Crippen molar-refractivity contribution in [2.24, 2.45) is 5.92 Å². The Morgan fingerprint density at radius 1 is 1.47 bits per heavy atom. The predicted octanol–water partition coefficient (Wildman–Crippen LogP) is 0.835. The van der Waals surface area contributed by atoms with Crippen molar-refractivity contribution in [2.75, 3.05) is 19.6 Å². The van der Waals surface area contributed by atoms with E-state index in [0.29, 0.717) is 12.5 Å². The Bertz CT molecular complexity index is 481. The van der Waals surface area contributed by atoms with Crippen LogP contribution in [0.1, 0.15) is 28.9 Å². The fourth-order valence-corrected chi connectivity index (χ4v) is 2.20. The predicted molar refractivity (Wildman–Crippen MR) is 77.0 cm³/mol. The fraction of sp³-hybridized carbons (Fsp3) is 0.538. The maximum atomic E-state index is 11.8. The zero-order valence-electron chi connectivity index (χ0n) is 11.0. The Balaban J connectivity index is 0.00000180. The molecule has 2 heterocycles.